The first-order valence-corrected chi connectivity index (χ1v) is 9.47. The molecule has 6 nitrogen and oxygen atoms in total. The maximum absolute atomic E-state index is 11.5. The van der Waals surface area contributed by atoms with Gasteiger partial charge in [0.2, 0.25) is 5.91 Å². The molecular formula is C20H32N4O2. The second kappa shape index (κ2) is 10.2. The molecule has 0 unspecified atom stereocenters. The zero-order valence-electron chi connectivity index (χ0n) is 16.5. The van der Waals surface area contributed by atoms with E-state index < -0.39 is 0 Å². The van der Waals surface area contributed by atoms with Gasteiger partial charge in [-0.05, 0) is 31.9 Å². The van der Waals surface area contributed by atoms with Crippen LogP contribution in [0.5, 0.6) is 0 Å². The van der Waals surface area contributed by atoms with E-state index in [4.69, 9.17) is 9.73 Å². The van der Waals surface area contributed by atoms with Crippen molar-refractivity contribution in [1.82, 2.24) is 15.1 Å². The molecule has 0 saturated carbocycles. The van der Waals surface area contributed by atoms with Gasteiger partial charge in [0, 0.05) is 39.6 Å². The Bertz CT molecular complexity index is 590. The van der Waals surface area contributed by atoms with Crippen molar-refractivity contribution in [3.05, 3.63) is 35.4 Å². The number of carbonyl (C=O) groups excluding carboxylic acids is 1. The number of ether oxygens (including phenoxy) is 1. The zero-order valence-corrected chi connectivity index (χ0v) is 16.5. The van der Waals surface area contributed by atoms with Crippen molar-refractivity contribution >= 4 is 11.9 Å². The Kier molecular flexibility index (Phi) is 7.91. The molecule has 0 aromatic heterocycles. The molecule has 0 bridgehead atoms. The number of hydrogen-bond donors (Lipinski definition) is 1. The summed E-state index contributed by atoms with van der Waals surface area (Å²) in [5, 5.41) is 3.36. The molecular weight excluding hydrogens is 328 g/mol. The van der Waals surface area contributed by atoms with Crippen molar-refractivity contribution in [3.63, 3.8) is 0 Å². The van der Waals surface area contributed by atoms with Crippen LogP contribution in [0.3, 0.4) is 0 Å². The lowest BCUT2D eigenvalue weighted by molar-refractivity contribution is -0.130. The second-order valence-corrected chi connectivity index (χ2v) is 6.84. The van der Waals surface area contributed by atoms with Gasteiger partial charge in [-0.25, -0.2) is 4.99 Å². The SMILES string of the molecule is CCNC(=NCc1ccc(COC(C)C)cc1)N1CCN(C(C)=O)CC1. The third-order valence-corrected chi connectivity index (χ3v) is 4.38. The fourth-order valence-electron chi connectivity index (χ4n) is 2.83. The van der Waals surface area contributed by atoms with Crippen molar-refractivity contribution in [3.8, 4) is 0 Å². The number of nitrogens with zero attached hydrogens (tertiary/aromatic N) is 3. The van der Waals surface area contributed by atoms with Crippen LogP contribution in [0.25, 0.3) is 0 Å². The number of amides is 1. The predicted octanol–water partition coefficient (Wildman–Crippen LogP) is 2.24. The molecule has 2 rings (SSSR count). The van der Waals surface area contributed by atoms with E-state index in [0.29, 0.717) is 13.2 Å². The number of rotatable bonds is 6. The number of carbonyl (C=O) groups is 1. The van der Waals surface area contributed by atoms with Gasteiger partial charge in [0.05, 0.1) is 19.3 Å². The summed E-state index contributed by atoms with van der Waals surface area (Å²) in [6.45, 7) is 13.0. The Morgan fingerprint density at radius 3 is 2.23 bits per heavy atom. The summed E-state index contributed by atoms with van der Waals surface area (Å²) in [6.07, 6.45) is 0.241. The van der Waals surface area contributed by atoms with Gasteiger partial charge in [0.15, 0.2) is 5.96 Å². The summed E-state index contributed by atoms with van der Waals surface area (Å²) in [4.78, 5) is 20.4. The Hall–Kier alpha value is -2.08. The van der Waals surface area contributed by atoms with Gasteiger partial charge < -0.3 is 19.9 Å². The molecule has 1 aliphatic rings. The van der Waals surface area contributed by atoms with Gasteiger partial charge in [-0.15, -0.1) is 0 Å². The molecule has 0 spiro atoms. The van der Waals surface area contributed by atoms with E-state index in [2.05, 4.69) is 41.4 Å². The molecule has 1 aromatic rings. The van der Waals surface area contributed by atoms with E-state index >= 15 is 0 Å². The Morgan fingerprint density at radius 1 is 1.12 bits per heavy atom. The minimum atomic E-state index is 0.146. The molecule has 1 saturated heterocycles. The number of guanidine groups is 1. The van der Waals surface area contributed by atoms with Gasteiger partial charge in [0.25, 0.3) is 0 Å². The van der Waals surface area contributed by atoms with E-state index in [9.17, 15) is 4.79 Å². The molecule has 1 heterocycles. The monoisotopic (exact) mass is 360 g/mol. The van der Waals surface area contributed by atoms with E-state index in [0.717, 1.165) is 38.7 Å². The van der Waals surface area contributed by atoms with Crippen molar-refractivity contribution in [2.24, 2.45) is 4.99 Å². The minimum Gasteiger partial charge on any atom is -0.374 e. The zero-order chi connectivity index (χ0) is 18.9. The van der Waals surface area contributed by atoms with Crippen LogP contribution >= 0.6 is 0 Å². The third kappa shape index (κ3) is 6.33. The van der Waals surface area contributed by atoms with Crippen LogP contribution in [-0.4, -0.2) is 60.5 Å². The summed E-state index contributed by atoms with van der Waals surface area (Å²) in [5.74, 6) is 1.07. The maximum Gasteiger partial charge on any atom is 0.219 e. The van der Waals surface area contributed by atoms with Crippen LogP contribution in [0.1, 0.15) is 38.8 Å². The van der Waals surface area contributed by atoms with Crippen LogP contribution < -0.4 is 5.32 Å². The number of piperazine rings is 1. The highest BCUT2D eigenvalue weighted by atomic mass is 16.5. The number of aliphatic imine (C=N–C) groups is 1. The molecule has 1 aromatic carbocycles. The van der Waals surface area contributed by atoms with E-state index in [1.165, 1.54) is 11.1 Å². The molecule has 1 aliphatic heterocycles. The number of nitrogens with one attached hydrogen (secondary N) is 1. The first kappa shape index (κ1) is 20.2. The third-order valence-electron chi connectivity index (χ3n) is 4.38. The summed E-state index contributed by atoms with van der Waals surface area (Å²) >= 11 is 0. The number of hydrogen-bond acceptors (Lipinski definition) is 3. The number of benzene rings is 1. The van der Waals surface area contributed by atoms with E-state index in [1.54, 1.807) is 6.92 Å². The van der Waals surface area contributed by atoms with Crippen molar-refractivity contribution in [2.75, 3.05) is 32.7 Å². The summed E-state index contributed by atoms with van der Waals surface area (Å²) in [6, 6.07) is 8.43. The van der Waals surface area contributed by atoms with Crippen molar-refractivity contribution in [2.45, 2.75) is 47.0 Å². The van der Waals surface area contributed by atoms with E-state index in [1.807, 2.05) is 18.7 Å². The average molecular weight is 361 g/mol. The Balaban J connectivity index is 1.93. The Labute approximate surface area is 157 Å². The van der Waals surface area contributed by atoms with Gasteiger partial charge >= 0.3 is 0 Å². The smallest absolute Gasteiger partial charge is 0.219 e. The highest BCUT2D eigenvalue weighted by molar-refractivity contribution is 5.80. The van der Waals surface area contributed by atoms with Crippen LogP contribution in [0, 0.1) is 0 Å². The first-order chi connectivity index (χ1) is 12.5. The van der Waals surface area contributed by atoms with Crippen molar-refractivity contribution in [1.29, 1.82) is 0 Å². The maximum atomic E-state index is 11.5. The van der Waals surface area contributed by atoms with Crippen LogP contribution in [0.15, 0.2) is 29.3 Å². The minimum absolute atomic E-state index is 0.146. The largest absolute Gasteiger partial charge is 0.374 e. The van der Waals surface area contributed by atoms with Gasteiger partial charge in [-0.2, -0.15) is 0 Å². The van der Waals surface area contributed by atoms with Crippen LogP contribution in [-0.2, 0) is 22.7 Å². The Morgan fingerprint density at radius 2 is 1.69 bits per heavy atom. The summed E-state index contributed by atoms with van der Waals surface area (Å²) in [7, 11) is 0. The molecule has 6 heteroatoms. The lowest BCUT2D eigenvalue weighted by atomic mass is 10.1. The molecule has 1 amide bonds. The molecule has 1 N–H and O–H groups in total. The van der Waals surface area contributed by atoms with E-state index in [-0.39, 0.29) is 12.0 Å². The van der Waals surface area contributed by atoms with Gasteiger partial charge in [0.1, 0.15) is 0 Å². The fourth-order valence-corrected chi connectivity index (χ4v) is 2.83. The lowest BCUT2D eigenvalue weighted by Gasteiger charge is -2.36. The highest BCUT2D eigenvalue weighted by Gasteiger charge is 2.20. The summed E-state index contributed by atoms with van der Waals surface area (Å²) < 4.78 is 5.63. The molecule has 144 valence electrons. The molecule has 0 radical (unpaired) electrons. The molecule has 1 fully saturated rings. The highest BCUT2D eigenvalue weighted by Crippen LogP contribution is 2.09. The first-order valence-electron chi connectivity index (χ1n) is 9.47. The topological polar surface area (TPSA) is 57.2 Å². The standard InChI is InChI=1S/C20H32N4O2/c1-5-21-20(24-12-10-23(11-13-24)17(4)25)22-14-18-6-8-19(9-7-18)15-26-16(2)3/h6-9,16H,5,10-15H2,1-4H3,(H,21,22). The lowest BCUT2D eigenvalue weighted by Crippen LogP contribution is -2.53. The van der Waals surface area contributed by atoms with Gasteiger partial charge in [-0.1, -0.05) is 24.3 Å². The molecule has 26 heavy (non-hydrogen) atoms. The molecule has 0 aliphatic carbocycles. The van der Waals surface area contributed by atoms with Crippen molar-refractivity contribution < 1.29 is 9.53 Å². The predicted molar refractivity (Wildman–Crippen MR) is 105 cm³/mol. The summed E-state index contributed by atoms with van der Waals surface area (Å²) in [5.41, 5.74) is 2.36. The van der Waals surface area contributed by atoms with Crippen LogP contribution in [0.2, 0.25) is 0 Å². The molecule has 0 atom stereocenters. The fraction of sp³-hybridized carbons (Fsp3) is 0.600. The van der Waals surface area contributed by atoms with Gasteiger partial charge in [-0.3, -0.25) is 4.79 Å². The average Bonchev–Trinajstić information content (AvgIpc) is 2.64. The quantitative estimate of drug-likeness (QED) is 0.624. The van der Waals surface area contributed by atoms with Crippen LogP contribution in [0.4, 0.5) is 0 Å². The second-order valence-electron chi connectivity index (χ2n) is 6.84. The normalized spacial score (nSPS) is 15.5.